The van der Waals surface area contributed by atoms with Gasteiger partial charge in [0.1, 0.15) is 5.82 Å². The van der Waals surface area contributed by atoms with Crippen molar-refractivity contribution in [3.63, 3.8) is 0 Å². The number of benzene rings is 1. The number of rotatable bonds is 6. The van der Waals surface area contributed by atoms with E-state index >= 15 is 0 Å². The molecule has 2 rings (SSSR count). The SMILES string of the molecule is OCCN(Cc1ccn[nH]1)Cc1cc(Br)ccc1F. The first-order valence-corrected chi connectivity index (χ1v) is 6.73. The molecule has 0 spiro atoms. The van der Waals surface area contributed by atoms with E-state index in [9.17, 15) is 4.39 Å². The number of aliphatic hydroxyl groups excluding tert-OH is 1. The Morgan fingerprint density at radius 3 is 2.84 bits per heavy atom. The summed E-state index contributed by atoms with van der Waals surface area (Å²) in [4.78, 5) is 1.96. The fraction of sp³-hybridized carbons (Fsp3) is 0.308. The third-order valence-electron chi connectivity index (χ3n) is 2.77. The molecule has 0 amide bonds. The lowest BCUT2D eigenvalue weighted by Crippen LogP contribution is -2.26. The van der Waals surface area contributed by atoms with Crippen LogP contribution in [0, 0.1) is 5.82 Å². The Labute approximate surface area is 119 Å². The molecule has 19 heavy (non-hydrogen) atoms. The first kappa shape index (κ1) is 14.2. The number of halogens is 2. The number of aliphatic hydroxyl groups is 1. The molecule has 0 radical (unpaired) electrons. The van der Waals surface area contributed by atoms with Crippen LogP contribution in [0.15, 0.2) is 34.9 Å². The lowest BCUT2D eigenvalue weighted by atomic mass is 10.2. The summed E-state index contributed by atoms with van der Waals surface area (Å²) < 4.78 is 14.6. The molecule has 0 saturated heterocycles. The lowest BCUT2D eigenvalue weighted by molar-refractivity contribution is 0.181. The summed E-state index contributed by atoms with van der Waals surface area (Å²) in [5, 5.41) is 15.8. The molecular formula is C13H15BrFN3O. The van der Waals surface area contributed by atoms with Crippen LogP contribution < -0.4 is 0 Å². The molecule has 1 heterocycles. The zero-order valence-electron chi connectivity index (χ0n) is 10.3. The quantitative estimate of drug-likeness (QED) is 0.856. The van der Waals surface area contributed by atoms with Gasteiger partial charge in [-0.15, -0.1) is 0 Å². The van der Waals surface area contributed by atoms with Crippen LogP contribution in [-0.2, 0) is 13.1 Å². The molecule has 0 unspecified atom stereocenters. The van der Waals surface area contributed by atoms with Gasteiger partial charge in [0.2, 0.25) is 0 Å². The van der Waals surface area contributed by atoms with Crippen molar-refractivity contribution in [3.05, 3.63) is 52.0 Å². The third kappa shape index (κ3) is 4.12. The van der Waals surface area contributed by atoms with Crippen LogP contribution in [0.2, 0.25) is 0 Å². The van der Waals surface area contributed by atoms with Gasteiger partial charge in [-0.3, -0.25) is 10.00 Å². The maximum atomic E-state index is 13.7. The van der Waals surface area contributed by atoms with Gasteiger partial charge < -0.3 is 5.11 Å². The van der Waals surface area contributed by atoms with Gasteiger partial charge in [0, 0.05) is 41.6 Å². The standard InChI is InChI=1S/C13H15BrFN3O/c14-11-1-2-13(15)10(7-11)8-18(5-6-19)9-12-3-4-16-17-12/h1-4,7,19H,5-6,8-9H2,(H,16,17). The minimum atomic E-state index is -0.240. The van der Waals surface area contributed by atoms with Crippen LogP contribution in [0.3, 0.4) is 0 Å². The van der Waals surface area contributed by atoms with E-state index in [0.717, 1.165) is 10.2 Å². The summed E-state index contributed by atoms with van der Waals surface area (Å²) in [5.74, 6) is -0.240. The van der Waals surface area contributed by atoms with Gasteiger partial charge in [0.25, 0.3) is 0 Å². The largest absolute Gasteiger partial charge is 0.395 e. The highest BCUT2D eigenvalue weighted by atomic mass is 79.9. The van der Waals surface area contributed by atoms with Crippen LogP contribution in [0.4, 0.5) is 4.39 Å². The molecule has 0 saturated carbocycles. The summed E-state index contributed by atoms with van der Waals surface area (Å²) in [7, 11) is 0. The van der Waals surface area contributed by atoms with Crippen molar-refractivity contribution in [1.29, 1.82) is 0 Å². The Morgan fingerprint density at radius 1 is 1.32 bits per heavy atom. The summed E-state index contributed by atoms with van der Waals surface area (Å²) in [6, 6.07) is 6.73. The number of H-pyrrole nitrogens is 1. The van der Waals surface area contributed by atoms with E-state index in [1.807, 2.05) is 11.0 Å². The Kier molecular flexibility index (Phi) is 5.07. The van der Waals surface area contributed by atoms with Gasteiger partial charge in [-0.05, 0) is 24.3 Å². The van der Waals surface area contributed by atoms with Gasteiger partial charge >= 0.3 is 0 Å². The second-order valence-electron chi connectivity index (χ2n) is 4.25. The molecular weight excluding hydrogens is 313 g/mol. The maximum Gasteiger partial charge on any atom is 0.127 e. The van der Waals surface area contributed by atoms with E-state index in [1.54, 1.807) is 18.3 Å². The van der Waals surface area contributed by atoms with E-state index in [4.69, 9.17) is 5.11 Å². The van der Waals surface area contributed by atoms with E-state index in [0.29, 0.717) is 25.2 Å². The van der Waals surface area contributed by atoms with Crippen molar-refractivity contribution in [2.24, 2.45) is 0 Å². The number of hydrogen-bond acceptors (Lipinski definition) is 3. The first-order chi connectivity index (χ1) is 9.19. The monoisotopic (exact) mass is 327 g/mol. The molecule has 1 aromatic heterocycles. The highest BCUT2D eigenvalue weighted by molar-refractivity contribution is 9.10. The fourth-order valence-corrected chi connectivity index (χ4v) is 2.28. The predicted octanol–water partition coefficient (Wildman–Crippen LogP) is 2.31. The average molecular weight is 328 g/mol. The zero-order chi connectivity index (χ0) is 13.7. The molecule has 0 aliphatic heterocycles. The summed E-state index contributed by atoms with van der Waals surface area (Å²) in [6.07, 6.45) is 1.67. The topological polar surface area (TPSA) is 52.1 Å². The summed E-state index contributed by atoms with van der Waals surface area (Å²) in [5.41, 5.74) is 1.53. The fourth-order valence-electron chi connectivity index (χ4n) is 1.87. The van der Waals surface area contributed by atoms with Crippen molar-refractivity contribution in [3.8, 4) is 0 Å². The van der Waals surface area contributed by atoms with Crippen molar-refractivity contribution in [2.75, 3.05) is 13.2 Å². The number of nitrogens with one attached hydrogen (secondary N) is 1. The molecule has 102 valence electrons. The van der Waals surface area contributed by atoms with Gasteiger partial charge in [-0.2, -0.15) is 5.10 Å². The summed E-state index contributed by atoms with van der Waals surface area (Å²) >= 11 is 3.34. The number of nitrogens with zero attached hydrogens (tertiary/aromatic N) is 2. The third-order valence-corrected chi connectivity index (χ3v) is 3.26. The smallest absolute Gasteiger partial charge is 0.127 e. The van der Waals surface area contributed by atoms with Gasteiger partial charge in [-0.25, -0.2) is 4.39 Å². The molecule has 0 fully saturated rings. The Balaban J connectivity index is 2.09. The highest BCUT2D eigenvalue weighted by Gasteiger charge is 2.11. The first-order valence-electron chi connectivity index (χ1n) is 5.94. The van der Waals surface area contributed by atoms with Gasteiger partial charge in [0.05, 0.1) is 6.61 Å². The molecule has 2 aromatic rings. The Hall–Kier alpha value is -1.24. The highest BCUT2D eigenvalue weighted by Crippen LogP contribution is 2.18. The van der Waals surface area contributed by atoms with Crippen LogP contribution in [0.5, 0.6) is 0 Å². The molecule has 4 nitrogen and oxygen atoms in total. The molecule has 0 aliphatic rings. The van der Waals surface area contributed by atoms with Crippen LogP contribution in [0.1, 0.15) is 11.3 Å². The predicted molar refractivity (Wildman–Crippen MR) is 73.9 cm³/mol. The minimum absolute atomic E-state index is 0.0315. The minimum Gasteiger partial charge on any atom is -0.395 e. The normalized spacial score (nSPS) is 11.2. The lowest BCUT2D eigenvalue weighted by Gasteiger charge is -2.21. The van der Waals surface area contributed by atoms with Crippen LogP contribution >= 0.6 is 15.9 Å². The molecule has 0 aliphatic carbocycles. The zero-order valence-corrected chi connectivity index (χ0v) is 11.9. The number of aromatic nitrogens is 2. The van der Waals surface area contributed by atoms with Crippen molar-refractivity contribution < 1.29 is 9.50 Å². The molecule has 1 aromatic carbocycles. The Bertz CT molecular complexity index is 519. The van der Waals surface area contributed by atoms with Crippen LogP contribution in [0.25, 0.3) is 0 Å². The average Bonchev–Trinajstić information content (AvgIpc) is 2.87. The van der Waals surface area contributed by atoms with E-state index in [1.165, 1.54) is 6.07 Å². The van der Waals surface area contributed by atoms with Crippen molar-refractivity contribution in [2.45, 2.75) is 13.1 Å². The van der Waals surface area contributed by atoms with Crippen molar-refractivity contribution >= 4 is 15.9 Å². The molecule has 6 heteroatoms. The second kappa shape index (κ2) is 6.79. The van der Waals surface area contributed by atoms with E-state index in [-0.39, 0.29) is 12.4 Å². The van der Waals surface area contributed by atoms with E-state index < -0.39 is 0 Å². The molecule has 0 bridgehead atoms. The second-order valence-corrected chi connectivity index (χ2v) is 5.17. The van der Waals surface area contributed by atoms with Crippen molar-refractivity contribution in [1.82, 2.24) is 15.1 Å². The molecule has 2 N–H and O–H groups in total. The molecule has 0 atom stereocenters. The maximum absolute atomic E-state index is 13.7. The van der Waals surface area contributed by atoms with E-state index in [2.05, 4.69) is 26.1 Å². The van der Waals surface area contributed by atoms with Gasteiger partial charge in [0.15, 0.2) is 0 Å². The summed E-state index contributed by atoms with van der Waals surface area (Å²) in [6.45, 7) is 1.53. The number of aromatic amines is 1. The number of hydrogen-bond donors (Lipinski definition) is 2. The van der Waals surface area contributed by atoms with Gasteiger partial charge in [-0.1, -0.05) is 15.9 Å². The Morgan fingerprint density at radius 2 is 2.16 bits per heavy atom. The van der Waals surface area contributed by atoms with Crippen LogP contribution in [-0.4, -0.2) is 33.4 Å².